The van der Waals surface area contributed by atoms with E-state index in [1.54, 1.807) is 35.0 Å². The van der Waals surface area contributed by atoms with Crippen molar-refractivity contribution in [3.8, 4) is 0 Å². The Kier molecular flexibility index (Phi) is 14.0. The number of aliphatic hydroxyl groups excluding tert-OH is 1. The molecule has 2 heterocycles. The van der Waals surface area contributed by atoms with Crippen LogP contribution in [0.15, 0.2) is 0 Å². The summed E-state index contributed by atoms with van der Waals surface area (Å²) in [6.07, 6.45) is -1.33. The molecule has 0 radical (unpaired) electrons. The quantitative estimate of drug-likeness (QED) is 0.144. The lowest BCUT2D eigenvalue weighted by Gasteiger charge is -2.69. The monoisotopic (exact) mass is 841 g/mol. The first-order valence-electron chi connectivity index (χ1n) is 22.5. The summed E-state index contributed by atoms with van der Waals surface area (Å²) in [5, 5.41) is 49.4. The van der Waals surface area contributed by atoms with Crippen LogP contribution in [0.2, 0.25) is 0 Å². The van der Waals surface area contributed by atoms with Crippen LogP contribution in [0.3, 0.4) is 0 Å². The van der Waals surface area contributed by atoms with Crippen molar-refractivity contribution in [2.45, 2.75) is 224 Å². The summed E-state index contributed by atoms with van der Waals surface area (Å²) in [6.45, 7) is 17.0. The smallest absolute Gasteiger partial charge is 0.306 e. The van der Waals surface area contributed by atoms with Gasteiger partial charge >= 0.3 is 11.9 Å². The Morgan fingerprint density at radius 2 is 1.36 bits per heavy atom. The van der Waals surface area contributed by atoms with E-state index in [1.807, 2.05) is 34.6 Å². The van der Waals surface area contributed by atoms with Gasteiger partial charge in [0.25, 0.3) is 0 Å². The summed E-state index contributed by atoms with van der Waals surface area (Å²) in [7, 11) is 3.22. The molecule has 18 unspecified atom stereocenters. The fourth-order valence-electron chi connectivity index (χ4n) is 12.6. The number of rotatable bonds is 13. The molecule has 0 bridgehead atoms. The van der Waals surface area contributed by atoms with Gasteiger partial charge in [0.05, 0.1) is 41.5 Å². The number of carbonyl (C=O) groups excluding carboxylic acids is 2. The summed E-state index contributed by atoms with van der Waals surface area (Å²) in [5.41, 5.74) is -7.20. The normalized spacial score (nSPS) is 47.9. The fraction of sp³-hybridized carbons (Fsp3) is 0.956. The van der Waals surface area contributed by atoms with E-state index in [0.717, 1.165) is 6.42 Å². The van der Waals surface area contributed by atoms with Gasteiger partial charge in [0.2, 0.25) is 0 Å². The van der Waals surface area contributed by atoms with Crippen molar-refractivity contribution >= 4 is 11.9 Å². The van der Waals surface area contributed by atoms with Gasteiger partial charge in [0.15, 0.2) is 12.6 Å². The van der Waals surface area contributed by atoms with Crippen LogP contribution in [0.4, 0.5) is 0 Å². The van der Waals surface area contributed by atoms with Crippen LogP contribution < -0.4 is 0 Å². The molecule has 4 N–H and O–H groups in total. The molecule has 0 aromatic rings. The third-order valence-electron chi connectivity index (χ3n) is 16.1. The number of aliphatic hydroxyl groups is 4. The molecule has 6 rings (SSSR count). The van der Waals surface area contributed by atoms with Gasteiger partial charge in [-0.3, -0.25) is 9.59 Å². The zero-order valence-electron chi connectivity index (χ0n) is 37.5. The van der Waals surface area contributed by atoms with Crippen molar-refractivity contribution in [3.63, 3.8) is 0 Å². The molecular weight excluding hydrogens is 764 g/mol. The van der Waals surface area contributed by atoms with Gasteiger partial charge in [-0.2, -0.15) is 0 Å². The molecule has 0 aromatic carbocycles. The first kappa shape index (κ1) is 47.0. The van der Waals surface area contributed by atoms with Crippen LogP contribution >= 0.6 is 0 Å². The predicted molar refractivity (Wildman–Crippen MR) is 215 cm³/mol. The number of methoxy groups -OCH3 is 2. The molecule has 59 heavy (non-hydrogen) atoms. The molecular formula is C45H76O14. The van der Waals surface area contributed by atoms with Crippen LogP contribution in [-0.2, 0) is 47.5 Å². The van der Waals surface area contributed by atoms with E-state index < -0.39 is 94.7 Å². The maximum atomic E-state index is 13.5. The van der Waals surface area contributed by atoms with Crippen molar-refractivity contribution in [1.82, 2.24) is 0 Å². The van der Waals surface area contributed by atoms with Crippen molar-refractivity contribution in [1.29, 1.82) is 0 Å². The standard InChI is InChI=1S/C45H76O14/c1-24(2)18-35(46)56-28(7)43(49)16-17-45(51)42(43,9)34(58-36(47)19-25(3)4)23-33-41(8)14-13-30(20-29(41)12-15-44(33,45)50)57-37-22-32(53-11)40(27(6)55-37)59-38-21-31(52-10)39(48)26(5)54-38/h24-34,37-40,48-51H,12-23H2,1-11H3. The SMILES string of the molecule is COC1CC(OC2C(C)OC(OC3CCC4(C)C(CCC5(O)C4CC(OC(=O)CC(C)C)C4(C)C(O)(C(C)OC(=O)CC(C)C)CCC54O)C3)CC2OC)OC(C)C1O. The summed E-state index contributed by atoms with van der Waals surface area (Å²) in [5.74, 6) is -1.10. The van der Waals surface area contributed by atoms with E-state index in [9.17, 15) is 30.0 Å². The highest BCUT2D eigenvalue weighted by Crippen LogP contribution is 2.72. The van der Waals surface area contributed by atoms with Gasteiger partial charge in [0, 0.05) is 39.9 Å². The molecule has 0 spiro atoms. The maximum absolute atomic E-state index is 13.5. The molecule has 14 heteroatoms. The van der Waals surface area contributed by atoms with E-state index in [-0.39, 0.29) is 68.2 Å². The Morgan fingerprint density at radius 1 is 0.746 bits per heavy atom. The van der Waals surface area contributed by atoms with Crippen molar-refractivity contribution in [2.75, 3.05) is 14.2 Å². The topological polar surface area (TPSA) is 189 Å². The Labute approximate surface area is 351 Å². The molecule has 4 aliphatic carbocycles. The largest absolute Gasteiger partial charge is 0.462 e. The number of carbonyl (C=O) groups is 2. The van der Waals surface area contributed by atoms with E-state index in [2.05, 4.69) is 6.92 Å². The Balaban J connectivity index is 1.18. The minimum atomic E-state index is -1.84. The van der Waals surface area contributed by atoms with Crippen LogP contribution in [0.1, 0.15) is 139 Å². The van der Waals surface area contributed by atoms with Crippen LogP contribution in [0.25, 0.3) is 0 Å². The van der Waals surface area contributed by atoms with E-state index in [0.29, 0.717) is 38.5 Å². The van der Waals surface area contributed by atoms with E-state index in [1.165, 1.54) is 0 Å². The van der Waals surface area contributed by atoms with Gasteiger partial charge < -0.3 is 58.3 Å². The van der Waals surface area contributed by atoms with Crippen LogP contribution in [0.5, 0.6) is 0 Å². The second kappa shape index (κ2) is 17.6. The molecule has 0 aromatic heterocycles. The van der Waals surface area contributed by atoms with Gasteiger partial charge in [-0.05, 0) is 101 Å². The lowest BCUT2D eigenvalue weighted by molar-refractivity contribution is -0.345. The van der Waals surface area contributed by atoms with Crippen molar-refractivity contribution < 1.29 is 67.9 Å². The van der Waals surface area contributed by atoms with E-state index >= 15 is 0 Å². The molecule has 0 amide bonds. The second-order valence-electron chi connectivity index (χ2n) is 20.4. The Hall–Kier alpha value is -1.46. The van der Waals surface area contributed by atoms with Gasteiger partial charge in [0.1, 0.15) is 35.6 Å². The minimum absolute atomic E-state index is 0.0297. The summed E-state index contributed by atoms with van der Waals surface area (Å²) in [6, 6.07) is 0. The average Bonchev–Trinajstić information content (AvgIpc) is 3.38. The second-order valence-corrected chi connectivity index (χ2v) is 20.4. The molecule has 18 atom stereocenters. The first-order chi connectivity index (χ1) is 27.6. The highest BCUT2D eigenvalue weighted by atomic mass is 16.7. The summed E-state index contributed by atoms with van der Waals surface area (Å²) >= 11 is 0. The zero-order valence-corrected chi connectivity index (χ0v) is 37.5. The average molecular weight is 841 g/mol. The number of fused-ring (bicyclic) bond motifs is 5. The van der Waals surface area contributed by atoms with Crippen LogP contribution in [-0.4, -0.2) is 131 Å². The minimum Gasteiger partial charge on any atom is -0.462 e. The summed E-state index contributed by atoms with van der Waals surface area (Å²) in [4.78, 5) is 26.4. The predicted octanol–water partition coefficient (Wildman–Crippen LogP) is 4.97. The lowest BCUT2D eigenvalue weighted by Crippen LogP contribution is -2.79. The highest BCUT2D eigenvalue weighted by Gasteiger charge is 2.82. The molecule has 14 nitrogen and oxygen atoms in total. The third kappa shape index (κ3) is 8.28. The third-order valence-corrected chi connectivity index (χ3v) is 16.1. The van der Waals surface area contributed by atoms with Crippen LogP contribution in [0, 0.1) is 34.5 Å². The number of hydrogen-bond donors (Lipinski definition) is 4. The molecule has 6 aliphatic rings. The van der Waals surface area contributed by atoms with Gasteiger partial charge in [-0.1, -0.05) is 41.5 Å². The number of esters is 2. The van der Waals surface area contributed by atoms with Crippen molar-refractivity contribution in [3.05, 3.63) is 0 Å². The zero-order chi connectivity index (χ0) is 43.5. The molecule has 2 saturated heterocycles. The highest BCUT2D eigenvalue weighted by molar-refractivity contribution is 5.70. The molecule has 4 saturated carbocycles. The Bertz CT molecular complexity index is 1480. The Morgan fingerprint density at radius 3 is 2.00 bits per heavy atom. The van der Waals surface area contributed by atoms with Crippen molar-refractivity contribution in [2.24, 2.45) is 34.5 Å². The van der Waals surface area contributed by atoms with E-state index in [4.69, 9.17) is 37.9 Å². The number of ether oxygens (including phenoxy) is 8. The lowest BCUT2D eigenvalue weighted by atomic mass is 9.40. The maximum Gasteiger partial charge on any atom is 0.306 e. The number of hydrogen-bond acceptors (Lipinski definition) is 14. The van der Waals surface area contributed by atoms with Gasteiger partial charge in [-0.15, -0.1) is 0 Å². The molecule has 2 aliphatic heterocycles. The van der Waals surface area contributed by atoms with Gasteiger partial charge in [-0.25, -0.2) is 0 Å². The first-order valence-corrected chi connectivity index (χ1v) is 22.5. The summed E-state index contributed by atoms with van der Waals surface area (Å²) < 4.78 is 49.2. The fourth-order valence-corrected chi connectivity index (χ4v) is 12.6. The molecule has 6 fully saturated rings. The molecule has 340 valence electrons.